The molecule has 2 aliphatic heterocycles. The van der Waals surface area contributed by atoms with Crippen LogP contribution in [-0.4, -0.2) is 97.9 Å². The number of halogens is 1. The van der Waals surface area contributed by atoms with Crippen LogP contribution in [0.4, 0.5) is 0 Å². The van der Waals surface area contributed by atoms with Crippen molar-refractivity contribution in [1.29, 1.82) is 0 Å². The van der Waals surface area contributed by atoms with Crippen molar-refractivity contribution in [2.24, 2.45) is 0 Å². The topological polar surface area (TPSA) is 74.6 Å². The zero-order valence-corrected chi connectivity index (χ0v) is 15.7. The van der Waals surface area contributed by atoms with E-state index in [9.17, 15) is 5.11 Å². The van der Waals surface area contributed by atoms with Gasteiger partial charge in [0.2, 0.25) is 0 Å². The molecule has 0 radical (unpaired) electrons. The van der Waals surface area contributed by atoms with Gasteiger partial charge in [0, 0.05) is 39.3 Å². The van der Waals surface area contributed by atoms with Crippen molar-refractivity contribution in [3.8, 4) is 11.5 Å². The number of benzene rings is 1. The van der Waals surface area contributed by atoms with Gasteiger partial charge < -0.3 is 36.8 Å². The Hall–Kier alpha value is -1.09. The molecule has 0 aromatic heterocycles. The Balaban J connectivity index is 0.00000243. The van der Waals surface area contributed by atoms with Crippen molar-refractivity contribution < 1.29 is 36.8 Å². The van der Waals surface area contributed by atoms with Gasteiger partial charge in [-0.1, -0.05) is 12.1 Å². The number of ether oxygens (including phenoxy) is 3. The zero-order chi connectivity index (χ0) is 17.5. The molecule has 3 rings (SSSR count). The van der Waals surface area contributed by atoms with Gasteiger partial charge in [-0.15, -0.1) is 0 Å². The highest BCUT2D eigenvalue weighted by molar-refractivity contribution is 5.40. The number of aliphatic hydroxyl groups excluding tert-OH is 2. The number of β-amino-alcohol motifs (C(OH)–C–C–N with tert-alkyl or cyclic N) is 2. The largest absolute Gasteiger partial charge is 1.00 e. The van der Waals surface area contributed by atoms with E-state index in [1.165, 1.54) is 0 Å². The average Bonchev–Trinajstić information content (AvgIpc) is 2.63. The standard InChI is InChI=1S/C18H28N2O5.ClH/c21-10-9-19-5-7-20(8-6-19)11-15(22)12-23-13-16-14-24-17-3-1-2-4-18(17)25-16;/h1-4,15-16,21-22H,5-14H2;1H/p-1. The van der Waals surface area contributed by atoms with Gasteiger partial charge in [0.05, 0.1) is 25.9 Å². The van der Waals surface area contributed by atoms with E-state index in [4.69, 9.17) is 19.3 Å². The van der Waals surface area contributed by atoms with Crippen molar-refractivity contribution in [2.45, 2.75) is 12.2 Å². The number of rotatable bonds is 8. The fourth-order valence-corrected chi connectivity index (χ4v) is 3.17. The normalized spacial score (nSPS) is 21.8. The number of hydrogen-bond donors (Lipinski definition) is 2. The van der Waals surface area contributed by atoms with Crippen molar-refractivity contribution in [2.75, 3.05) is 65.7 Å². The molecule has 1 aromatic rings. The first kappa shape index (κ1) is 21.2. The predicted octanol–water partition coefficient (Wildman–Crippen LogP) is -3.18. The van der Waals surface area contributed by atoms with Crippen LogP contribution in [0, 0.1) is 0 Å². The Bertz CT molecular complexity index is 528. The Morgan fingerprint density at radius 3 is 2.54 bits per heavy atom. The summed E-state index contributed by atoms with van der Waals surface area (Å²) in [5, 5.41) is 19.1. The summed E-state index contributed by atoms with van der Waals surface area (Å²) in [6.45, 7) is 6.37. The lowest BCUT2D eigenvalue weighted by atomic mass is 10.2. The van der Waals surface area contributed by atoms with Crippen molar-refractivity contribution in [1.82, 2.24) is 9.80 Å². The Labute approximate surface area is 160 Å². The molecule has 8 heteroatoms. The summed E-state index contributed by atoms with van der Waals surface area (Å²) in [6.07, 6.45) is -0.662. The minimum absolute atomic E-state index is 0. The second-order valence-corrected chi connectivity index (χ2v) is 6.55. The fraction of sp³-hybridized carbons (Fsp3) is 0.667. The van der Waals surface area contributed by atoms with E-state index in [0.717, 1.165) is 44.2 Å². The van der Waals surface area contributed by atoms with Gasteiger partial charge in [-0.2, -0.15) is 0 Å². The van der Waals surface area contributed by atoms with Crippen LogP contribution >= 0.6 is 0 Å². The molecule has 2 N–H and O–H groups in total. The molecule has 0 amide bonds. The monoisotopic (exact) mass is 387 g/mol. The van der Waals surface area contributed by atoms with Crippen molar-refractivity contribution >= 4 is 0 Å². The summed E-state index contributed by atoms with van der Waals surface area (Å²) in [5.41, 5.74) is 0. The molecule has 2 heterocycles. The number of piperazine rings is 1. The van der Waals surface area contributed by atoms with E-state index in [1.807, 2.05) is 24.3 Å². The maximum Gasteiger partial charge on any atom is 0.161 e. The summed E-state index contributed by atoms with van der Waals surface area (Å²) in [6, 6.07) is 7.59. The van der Waals surface area contributed by atoms with Gasteiger partial charge in [0.25, 0.3) is 0 Å². The molecular formula is C18H28ClN2O5-. The van der Waals surface area contributed by atoms with Crippen LogP contribution in [0.2, 0.25) is 0 Å². The molecule has 26 heavy (non-hydrogen) atoms. The van der Waals surface area contributed by atoms with Crippen LogP contribution < -0.4 is 21.9 Å². The Kier molecular flexibility index (Phi) is 8.90. The molecule has 0 spiro atoms. The molecule has 1 fully saturated rings. The molecular weight excluding hydrogens is 360 g/mol. The fourth-order valence-electron chi connectivity index (χ4n) is 3.17. The third-order valence-corrected chi connectivity index (χ3v) is 4.53. The molecule has 1 aromatic carbocycles. The molecule has 0 saturated carbocycles. The summed E-state index contributed by atoms with van der Waals surface area (Å²) < 4.78 is 17.1. The lowest BCUT2D eigenvalue weighted by molar-refractivity contribution is -0.0322. The Morgan fingerprint density at radius 1 is 1.12 bits per heavy atom. The summed E-state index contributed by atoms with van der Waals surface area (Å²) in [5.74, 6) is 1.50. The van der Waals surface area contributed by atoms with Crippen LogP contribution in [0.25, 0.3) is 0 Å². The minimum atomic E-state index is -0.513. The Morgan fingerprint density at radius 2 is 1.81 bits per heavy atom. The minimum Gasteiger partial charge on any atom is -1.00 e. The van der Waals surface area contributed by atoms with Gasteiger partial charge in [0.15, 0.2) is 17.6 Å². The maximum absolute atomic E-state index is 10.2. The van der Waals surface area contributed by atoms with Crippen LogP contribution in [0.3, 0.4) is 0 Å². The number of fused-ring (bicyclic) bond motifs is 1. The summed E-state index contributed by atoms with van der Waals surface area (Å²) in [4.78, 5) is 4.47. The molecule has 0 aliphatic carbocycles. The average molecular weight is 388 g/mol. The van der Waals surface area contributed by atoms with Gasteiger partial charge in [-0.3, -0.25) is 9.80 Å². The van der Waals surface area contributed by atoms with Crippen LogP contribution in [-0.2, 0) is 4.74 Å². The van der Waals surface area contributed by atoms with E-state index in [-0.39, 0.29) is 25.1 Å². The smallest absolute Gasteiger partial charge is 0.161 e. The lowest BCUT2D eigenvalue weighted by Gasteiger charge is -2.35. The quantitative estimate of drug-likeness (QED) is 0.487. The first-order valence-corrected chi connectivity index (χ1v) is 8.94. The van der Waals surface area contributed by atoms with Crippen molar-refractivity contribution in [3.05, 3.63) is 24.3 Å². The number of aliphatic hydroxyl groups is 2. The van der Waals surface area contributed by atoms with Gasteiger partial charge in [0.1, 0.15) is 6.61 Å². The summed E-state index contributed by atoms with van der Waals surface area (Å²) >= 11 is 0. The highest BCUT2D eigenvalue weighted by atomic mass is 35.5. The molecule has 2 aliphatic rings. The third-order valence-electron chi connectivity index (χ3n) is 4.53. The molecule has 7 nitrogen and oxygen atoms in total. The molecule has 2 unspecified atom stereocenters. The predicted molar refractivity (Wildman–Crippen MR) is 93.1 cm³/mol. The first-order chi connectivity index (χ1) is 12.2. The van der Waals surface area contributed by atoms with E-state index in [0.29, 0.717) is 26.4 Å². The number of nitrogens with zero attached hydrogens (tertiary/aromatic N) is 2. The van der Waals surface area contributed by atoms with Gasteiger partial charge >= 0.3 is 0 Å². The second kappa shape index (κ2) is 10.9. The van der Waals surface area contributed by atoms with Gasteiger partial charge in [-0.05, 0) is 12.1 Å². The van der Waals surface area contributed by atoms with Crippen molar-refractivity contribution in [3.63, 3.8) is 0 Å². The highest BCUT2D eigenvalue weighted by Gasteiger charge is 2.22. The van der Waals surface area contributed by atoms with Crippen LogP contribution in [0.5, 0.6) is 11.5 Å². The lowest BCUT2D eigenvalue weighted by Crippen LogP contribution is -3.00. The highest BCUT2D eigenvalue weighted by Crippen LogP contribution is 2.30. The van der Waals surface area contributed by atoms with E-state index >= 15 is 0 Å². The third kappa shape index (κ3) is 6.26. The molecule has 2 atom stereocenters. The van der Waals surface area contributed by atoms with E-state index < -0.39 is 6.10 Å². The molecule has 148 valence electrons. The maximum atomic E-state index is 10.2. The summed E-state index contributed by atoms with van der Waals surface area (Å²) in [7, 11) is 0. The first-order valence-electron chi connectivity index (χ1n) is 8.94. The number of para-hydroxylation sites is 2. The zero-order valence-electron chi connectivity index (χ0n) is 14.9. The van der Waals surface area contributed by atoms with Gasteiger partial charge in [-0.25, -0.2) is 0 Å². The molecule has 1 saturated heterocycles. The van der Waals surface area contributed by atoms with Crippen LogP contribution in [0.15, 0.2) is 24.3 Å². The number of hydrogen-bond acceptors (Lipinski definition) is 7. The molecule has 0 bridgehead atoms. The SMILES string of the molecule is OCCN1CCN(CC(O)COCC2COc3ccccc3O2)CC1.[Cl-]. The van der Waals surface area contributed by atoms with E-state index in [2.05, 4.69) is 9.80 Å². The second-order valence-electron chi connectivity index (χ2n) is 6.55. The van der Waals surface area contributed by atoms with Crippen LogP contribution in [0.1, 0.15) is 0 Å². The van der Waals surface area contributed by atoms with E-state index in [1.54, 1.807) is 0 Å².